The van der Waals surface area contributed by atoms with E-state index in [0.717, 1.165) is 5.56 Å². The van der Waals surface area contributed by atoms with Gasteiger partial charge in [-0.15, -0.1) is 0 Å². The van der Waals surface area contributed by atoms with E-state index in [2.05, 4.69) is 15.6 Å². The number of pyridine rings is 1. The van der Waals surface area contributed by atoms with E-state index in [-0.39, 0.29) is 18.4 Å². The summed E-state index contributed by atoms with van der Waals surface area (Å²) < 4.78 is 10.3. The number of ether oxygens (including phenoxy) is 2. The lowest BCUT2D eigenvalue weighted by molar-refractivity contribution is -0.154. The minimum Gasteiger partial charge on any atom is -0.447 e. The fourth-order valence-corrected chi connectivity index (χ4v) is 3.38. The number of aromatic nitrogens is 1. The molecule has 3 rings (SSSR count). The van der Waals surface area contributed by atoms with Gasteiger partial charge in [0, 0.05) is 52.0 Å². The van der Waals surface area contributed by atoms with Gasteiger partial charge in [0.25, 0.3) is 5.91 Å². The third-order valence-electron chi connectivity index (χ3n) is 5.11. The number of amides is 3. The van der Waals surface area contributed by atoms with Crippen molar-refractivity contribution in [2.24, 2.45) is 0 Å². The Kier molecular flexibility index (Phi) is 5.90. The van der Waals surface area contributed by atoms with E-state index < -0.39 is 17.7 Å². The van der Waals surface area contributed by atoms with Gasteiger partial charge in [-0.2, -0.15) is 0 Å². The van der Waals surface area contributed by atoms with E-state index in [0.29, 0.717) is 38.9 Å². The number of carbonyl (C=O) groups excluding carboxylic acids is 3. The number of carbonyl (C=O) groups is 3. The zero-order chi connectivity index (χ0) is 19.3. The molecule has 2 aliphatic heterocycles. The van der Waals surface area contributed by atoms with Crippen LogP contribution in [-0.2, 0) is 25.5 Å². The van der Waals surface area contributed by atoms with Crippen molar-refractivity contribution < 1.29 is 23.9 Å². The lowest BCUT2D eigenvalue weighted by Crippen LogP contribution is -2.58. The molecule has 3 heterocycles. The molecule has 1 aromatic rings. The number of piperidine rings is 1. The van der Waals surface area contributed by atoms with Gasteiger partial charge in [0.15, 0.2) is 0 Å². The van der Waals surface area contributed by atoms with E-state index in [1.807, 2.05) is 12.1 Å². The zero-order valence-corrected chi connectivity index (χ0v) is 15.3. The van der Waals surface area contributed by atoms with Crippen molar-refractivity contribution in [1.82, 2.24) is 20.5 Å². The molecule has 0 saturated carbocycles. The lowest BCUT2D eigenvalue weighted by atomic mass is 9.89. The van der Waals surface area contributed by atoms with E-state index in [4.69, 9.17) is 9.47 Å². The summed E-state index contributed by atoms with van der Waals surface area (Å²) in [5.74, 6) is -0.354. The Bertz CT molecular complexity index is 688. The molecule has 0 unspecified atom stereocenters. The van der Waals surface area contributed by atoms with Crippen LogP contribution in [0.5, 0.6) is 0 Å². The molecular formula is C18H24N4O5. The summed E-state index contributed by atoms with van der Waals surface area (Å²) in [6.45, 7) is 1.31. The van der Waals surface area contributed by atoms with Crippen LogP contribution in [0.2, 0.25) is 0 Å². The predicted octanol–water partition coefficient (Wildman–Crippen LogP) is -0.144. The van der Waals surface area contributed by atoms with Crippen molar-refractivity contribution >= 4 is 17.9 Å². The normalized spacial score (nSPS) is 21.3. The Balaban J connectivity index is 1.50. The van der Waals surface area contributed by atoms with Crippen molar-refractivity contribution in [2.75, 3.05) is 33.4 Å². The molecule has 3 amide bonds. The fraction of sp³-hybridized carbons (Fsp3) is 0.556. The highest BCUT2D eigenvalue weighted by molar-refractivity contribution is 5.89. The second-order valence-electron chi connectivity index (χ2n) is 6.68. The first-order valence-corrected chi connectivity index (χ1v) is 8.98. The molecular weight excluding hydrogens is 352 g/mol. The van der Waals surface area contributed by atoms with Crippen molar-refractivity contribution in [3.05, 3.63) is 30.1 Å². The average Bonchev–Trinajstić information content (AvgIpc) is 3.14. The molecule has 0 aromatic carbocycles. The van der Waals surface area contributed by atoms with E-state index in [9.17, 15) is 14.4 Å². The first kappa shape index (κ1) is 19.1. The van der Waals surface area contributed by atoms with Gasteiger partial charge in [0.2, 0.25) is 5.91 Å². The van der Waals surface area contributed by atoms with Crippen LogP contribution in [-0.4, -0.2) is 72.8 Å². The van der Waals surface area contributed by atoms with Gasteiger partial charge in [-0.1, -0.05) is 0 Å². The second kappa shape index (κ2) is 8.34. The fourth-order valence-electron chi connectivity index (χ4n) is 3.38. The Hall–Kier alpha value is -2.68. The number of likely N-dealkylation sites (tertiary alicyclic amines) is 1. The average molecular weight is 376 g/mol. The molecule has 0 spiro atoms. The smallest absolute Gasteiger partial charge is 0.407 e. The number of nitrogens with zero attached hydrogens (tertiary/aromatic N) is 2. The summed E-state index contributed by atoms with van der Waals surface area (Å²) in [6, 6.07) is 3.17. The maximum Gasteiger partial charge on any atom is 0.407 e. The van der Waals surface area contributed by atoms with Crippen LogP contribution in [0.15, 0.2) is 24.5 Å². The minimum absolute atomic E-state index is 0.0408. The molecule has 9 heteroatoms. The monoisotopic (exact) mass is 376 g/mol. The zero-order valence-electron chi connectivity index (χ0n) is 15.3. The quantitative estimate of drug-likeness (QED) is 0.715. The maximum absolute atomic E-state index is 12.7. The molecule has 2 saturated heterocycles. The number of alkyl carbamates (subject to hydrolysis) is 1. The van der Waals surface area contributed by atoms with Gasteiger partial charge in [-0.25, -0.2) is 4.79 Å². The van der Waals surface area contributed by atoms with Crippen LogP contribution in [0, 0.1) is 0 Å². The molecule has 146 valence electrons. The van der Waals surface area contributed by atoms with E-state index in [1.165, 1.54) is 7.11 Å². The Morgan fingerprint density at radius 3 is 2.67 bits per heavy atom. The van der Waals surface area contributed by atoms with Crippen LogP contribution in [0.1, 0.15) is 18.4 Å². The highest BCUT2D eigenvalue weighted by Gasteiger charge is 2.44. The largest absolute Gasteiger partial charge is 0.447 e. The van der Waals surface area contributed by atoms with Crippen LogP contribution in [0.25, 0.3) is 0 Å². The molecule has 2 aliphatic rings. The summed E-state index contributed by atoms with van der Waals surface area (Å²) in [7, 11) is 1.52. The molecule has 1 aromatic heterocycles. The third kappa shape index (κ3) is 4.36. The highest BCUT2D eigenvalue weighted by atomic mass is 16.6. The second-order valence-corrected chi connectivity index (χ2v) is 6.68. The standard InChI is InChI=1S/C18H24N4O5/c1-26-18(16(24)20-9-4-13-2-7-19-8-3-13)5-10-22(11-6-18)15(23)14-12-27-17(25)21-14/h2-3,7-8,14H,4-6,9-12H2,1H3,(H,20,24)(H,21,25)/t14-/m0/s1. The summed E-state index contributed by atoms with van der Waals surface area (Å²) in [5.41, 5.74) is 0.155. The molecule has 2 fully saturated rings. The highest BCUT2D eigenvalue weighted by Crippen LogP contribution is 2.27. The van der Waals surface area contributed by atoms with Crippen molar-refractivity contribution in [3.8, 4) is 0 Å². The number of hydrogen-bond donors (Lipinski definition) is 2. The van der Waals surface area contributed by atoms with E-state index in [1.54, 1.807) is 17.3 Å². The van der Waals surface area contributed by atoms with Crippen LogP contribution in [0.4, 0.5) is 4.79 Å². The molecule has 9 nitrogen and oxygen atoms in total. The first-order chi connectivity index (χ1) is 13.0. The molecule has 2 N–H and O–H groups in total. The predicted molar refractivity (Wildman–Crippen MR) is 94.8 cm³/mol. The van der Waals surface area contributed by atoms with Gasteiger partial charge in [0.1, 0.15) is 18.2 Å². The van der Waals surface area contributed by atoms with Crippen LogP contribution < -0.4 is 10.6 Å². The van der Waals surface area contributed by atoms with Gasteiger partial charge in [0.05, 0.1) is 0 Å². The van der Waals surface area contributed by atoms with E-state index >= 15 is 0 Å². The minimum atomic E-state index is -0.940. The van der Waals surface area contributed by atoms with Gasteiger partial charge in [-0.3, -0.25) is 14.6 Å². The van der Waals surface area contributed by atoms with Crippen LogP contribution in [0.3, 0.4) is 0 Å². The number of rotatable bonds is 6. The number of nitrogens with one attached hydrogen (secondary N) is 2. The number of cyclic esters (lactones) is 1. The first-order valence-electron chi connectivity index (χ1n) is 8.98. The van der Waals surface area contributed by atoms with Crippen molar-refractivity contribution in [3.63, 3.8) is 0 Å². The maximum atomic E-state index is 12.7. The van der Waals surface area contributed by atoms with Crippen LogP contribution >= 0.6 is 0 Å². The third-order valence-corrected chi connectivity index (χ3v) is 5.11. The summed E-state index contributed by atoms with van der Waals surface area (Å²) >= 11 is 0. The molecule has 1 atom stereocenters. The SMILES string of the molecule is COC1(C(=O)NCCc2ccncc2)CCN(C(=O)[C@@H]2COC(=O)N2)CC1. The topological polar surface area (TPSA) is 110 Å². The Labute approximate surface area is 157 Å². The van der Waals surface area contributed by atoms with Gasteiger partial charge >= 0.3 is 6.09 Å². The van der Waals surface area contributed by atoms with Crippen molar-refractivity contribution in [2.45, 2.75) is 30.9 Å². The number of hydrogen-bond acceptors (Lipinski definition) is 6. The lowest BCUT2D eigenvalue weighted by Gasteiger charge is -2.40. The summed E-state index contributed by atoms with van der Waals surface area (Å²) in [4.78, 5) is 41.8. The molecule has 0 bridgehead atoms. The van der Waals surface area contributed by atoms with Gasteiger partial charge < -0.3 is 25.0 Å². The van der Waals surface area contributed by atoms with Crippen molar-refractivity contribution in [1.29, 1.82) is 0 Å². The Morgan fingerprint density at radius 2 is 2.07 bits per heavy atom. The number of methoxy groups -OCH3 is 1. The Morgan fingerprint density at radius 1 is 1.37 bits per heavy atom. The molecule has 0 aliphatic carbocycles. The van der Waals surface area contributed by atoms with Gasteiger partial charge in [-0.05, 0) is 24.1 Å². The summed E-state index contributed by atoms with van der Waals surface area (Å²) in [5, 5.41) is 5.42. The summed E-state index contributed by atoms with van der Waals surface area (Å²) in [6.07, 6.45) is 4.37. The molecule has 0 radical (unpaired) electrons. The molecule has 27 heavy (non-hydrogen) atoms.